The number of hydrogen-bond donors (Lipinski definition) is 0. The fourth-order valence-electron chi connectivity index (χ4n) is 1.79. The highest BCUT2D eigenvalue weighted by atomic mass is 28.3. The van der Waals surface area contributed by atoms with Gasteiger partial charge in [-0.3, -0.25) is 0 Å². The summed E-state index contributed by atoms with van der Waals surface area (Å²) in [4.78, 5) is 0. The van der Waals surface area contributed by atoms with Gasteiger partial charge in [0.2, 0.25) is 9.04 Å². The molecule has 0 N–H and O–H groups in total. The molecule has 16 heavy (non-hydrogen) atoms. The topological polar surface area (TPSA) is 9.23 Å². The minimum atomic E-state index is -1.18. The largest absolute Gasteiger partial charge is 0.413 e. The van der Waals surface area contributed by atoms with Gasteiger partial charge in [0.1, 0.15) is 0 Å². The van der Waals surface area contributed by atoms with Crippen LogP contribution in [0.1, 0.15) is 33.6 Å². The molecule has 0 fully saturated rings. The maximum atomic E-state index is 6.13. The lowest BCUT2D eigenvalue weighted by Crippen LogP contribution is -2.33. The van der Waals surface area contributed by atoms with Crippen molar-refractivity contribution >= 4 is 14.2 Å². The minimum Gasteiger partial charge on any atom is -0.413 e. The molecule has 1 aromatic rings. The molecule has 0 aliphatic rings. The zero-order valence-corrected chi connectivity index (χ0v) is 12.1. The molecule has 0 aliphatic carbocycles. The first-order valence-electron chi connectivity index (χ1n) is 6.30. The Morgan fingerprint density at radius 1 is 1.06 bits per heavy atom. The molecule has 2 unspecified atom stereocenters. The lowest BCUT2D eigenvalue weighted by molar-refractivity contribution is 0.207. The SMILES string of the molecule is CC(C)CCC(C)O[SiH](C)c1ccccc1. The van der Waals surface area contributed by atoms with E-state index in [2.05, 4.69) is 57.7 Å². The zero-order valence-electron chi connectivity index (χ0n) is 10.9. The lowest BCUT2D eigenvalue weighted by Gasteiger charge is -2.19. The number of benzene rings is 1. The smallest absolute Gasteiger partial charge is 0.205 e. The third-order valence-electron chi connectivity index (χ3n) is 2.86. The van der Waals surface area contributed by atoms with Crippen LogP contribution in [0.5, 0.6) is 0 Å². The van der Waals surface area contributed by atoms with Crippen LogP contribution in [-0.2, 0) is 4.43 Å². The predicted octanol–water partition coefficient (Wildman–Crippen LogP) is 3.09. The summed E-state index contributed by atoms with van der Waals surface area (Å²) in [7, 11) is -1.18. The van der Waals surface area contributed by atoms with Crippen molar-refractivity contribution < 1.29 is 4.43 Å². The summed E-state index contributed by atoms with van der Waals surface area (Å²) < 4.78 is 6.13. The van der Waals surface area contributed by atoms with Crippen molar-refractivity contribution in [1.82, 2.24) is 0 Å². The standard InChI is InChI=1S/C14H24OSi/c1-12(2)10-11-13(3)15-16(4)14-8-6-5-7-9-14/h5-9,12-13,16H,10-11H2,1-4H3. The second-order valence-electron chi connectivity index (χ2n) is 4.97. The van der Waals surface area contributed by atoms with Crippen LogP contribution >= 0.6 is 0 Å². The van der Waals surface area contributed by atoms with Gasteiger partial charge in [-0.05, 0) is 37.4 Å². The maximum Gasteiger partial charge on any atom is 0.205 e. The van der Waals surface area contributed by atoms with Crippen molar-refractivity contribution in [3.05, 3.63) is 30.3 Å². The summed E-state index contributed by atoms with van der Waals surface area (Å²) in [6.45, 7) is 9.01. The van der Waals surface area contributed by atoms with Crippen molar-refractivity contribution in [2.45, 2.75) is 46.3 Å². The van der Waals surface area contributed by atoms with E-state index in [9.17, 15) is 0 Å². The summed E-state index contributed by atoms with van der Waals surface area (Å²) >= 11 is 0. The van der Waals surface area contributed by atoms with Gasteiger partial charge in [0.15, 0.2) is 0 Å². The quantitative estimate of drug-likeness (QED) is 0.690. The first kappa shape index (κ1) is 13.5. The molecule has 2 atom stereocenters. The van der Waals surface area contributed by atoms with Crippen molar-refractivity contribution in [3.8, 4) is 0 Å². The van der Waals surface area contributed by atoms with Crippen LogP contribution < -0.4 is 5.19 Å². The monoisotopic (exact) mass is 236 g/mol. The van der Waals surface area contributed by atoms with Gasteiger partial charge in [0.25, 0.3) is 0 Å². The highest BCUT2D eigenvalue weighted by Crippen LogP contribution is 2.09. The van der Waals surface area contributed by atoms with Gasteiger partial charge in [0.05, 0.1) is 0 Å². The molecule has 0 saturated heterocycles. The summed E-state index contributed by atoms with van der Waals surface area (Å²) in [6, 6.07) is 10.6. The first-order valence-corrected chi connectivity index (χ1v) is 8.50. The fraction of sp³-hybridized carbons (Fsp3) is 0.571. The van der Waals surface area contributed by atoms with Crippen LogP contribution in [0.2, 0.25) is 6.55 Å². The van der Waals surface area contributed by atoms with Crippen molar-refractivity contribution in [3.63, 3.8) is 0 Å². The Morgan fingerprint density at radius 2 is 1.69 bits per heavy atom. The lowest BCUT2D eigenvalue weighted by atomic mass is 10.1. The minimum absolute atomic E-state index is 0.407. The molecule has 1 nitrogen and oxygen atoms in total. The molecule has 2 heteroatoms. The fourth-order valence-corrected chi connectivity index (χ4v) is 3.54. The molecular weight excluding hydrogens is 212 g/mol. The van der Waals surface area contributed by atoms with E-state index in [0.29, 0.717) is 6.10 Å². The Bertz CT molecular complexity index is 284. The third kappa shape index (κ3) is 4.95. The van der Waals surface area contributed by atoms with E-state index in [0.717, 1.165) is 5.92 Å². The van der Waals surface area contributed by atoms with Crippen LogP contribution in [0.3, 0.4) is 0 Å². The molecule has 0 amide bonds. The van der Waals surface area contributed by atoms with Crippen LogP contribution in [0.15, 0.2) is 30.3 Å². The molecule has 1 rings (SSSR count). The Balaban J connectivity index is 2.36. The molecule has 0 radical (unpaired) electrons. The predicted molar refractivity (Wildman–Crippen MR) is 73.7 cm³/mol. The molecule has 0 heterocycles. The van der Waals surface area contributed by atoms with Crippen LogP contribution in [0, 0.1) is 5.92 Å². The number of hydrogen-bond acceptors (Lipinski definition) is 1. The molecule has 0 aromatic heterocycles. The molecular formula is C14H24OSi. The summed E-state index contributed by atoms with van der Waals surface area (Å²) in [5, 5.41) is 1.40. The van der Waals surface area contributed by atoms with Crippen molar-refractivity contribution in [2.24, 2.45) is 5.92 Å². The van der Waals surface area contributed by atoms with E-state index in [1.807, 2.05) is 0 Å². The molecule has 0 bridgehead atoms. The Morgan fingerprint density at radius 3 is 2.25 bits per heavy atom. The summed E-state index contributed by atoms with van der Waals surface area (Å²) in [6.07, 6.45) is 2.85. The van der Waals surface area contributed by atoms with Gasteiger partial charge in [-0.1, -0.05) is 44.2 Å². The second-order valence-corrected chi connectivity index (χ2v) is 7.19. The highest BCUT2D eigenvalue weighted by Gasteiger charge is 2.12. The maximum absolute atomic E-state index is 6.13. The van der Waals surface area contributed by atoms with E-state index < -0.39 is 9.04 Å². The second kappa shape index (κ2) is 6.87. The van der Waals surface area contributed by atoms with Crippen molar-refractivity contribution in [1.29, 1.82) is 0 Å². The summed E-state index contributed by atoms with van der Waals surface area (Å²) in [5.74, 6) is 0.778. The van der Waals surface area contributed by atoms with Gasteiger partial charge in [0, 0.05) is 6.10 Å². The Labute approximate surface area is 102 Å². The van der Waals surface area contributed by atoms with Gasteiger partial charge in [-0.2, -0.15) is 0 Å². The van der Waals surface area contributed by atoms with Crippen LogP contribution in [0.25, 0.3) is 0 Å². The van der Waals surface area contributed by atoms with E-state index in [1.165, 1.54) is 18.0 Å². The molecule has 1 aromatic carbocycles. The third-order valence-corrected chi connectivity index (χ3v) is 5.05. The first-order chi connectivity index (χ1) is 7.59. The average Bonchev–Trinajstić information content (AvgIpc) is 2.27. The van der Waals surface area contributed by atoms with Gasteiger partial charge in [-0.15, -0.1) is 0 Å². The van der Waals surface area contributed by atoms with E-state index >= 15 is 0 Å². The normalized spacial score (nSPS) is 15.1. The molecule has 90 valence electrons. The Kier molecular flexibility index (Phi) is 5.78. The highest BCUT2D eigenvalue weighted by molar-refractivity contribution is 6.66. The average molecular weight is 236 g/mol. The van der Waals surface area contributed by atoms with Crippen molar-refractivity contribution in [2.75, 3.05) is 0 Å². The van der Waals surface area contributed by atoms with Crippen LogP contribution in [0.4, 0.5) is 0 Å². The molecule has 0 aliphatic heterocycles. The molecule has 0 saturated carbocycles. The van der Waals surface area contributed by atoms with Gasteiger partial charge in [-0.25, -0.2) is 0 Å². The number of rotatable bonds is 6. The van der Waals surface area contributed by atoms with Crippen LogP contribution in [-0.4, -0.2) is 15.1 Å². The summed E-state index contributed by atoms with van der Waals surface area (Å²) in [5.41, 5.74) is 0. The van der Waals surface area contributed by atoms with Gasteiger partial charge < -0.3 is 4.43 Å². The van der Waals surface area contributed by atoms with E-state index in [-0.39, 0.29) is 0 Å². The Hall–Kier alpha value is -0.603. The van der Waals surface area contributed by atoms with Gasteiger partial charge >= 0.3 is 0 Å². The van der Waals surface area contributed by atoms with E-state index in [4.69, 9.17) is 4.43 Å². The van der Waals surface area contributed by atoms with E-state index in [1.54, 1.807) is 0 Å². The zero-order chi connectivity index (χ0) is 12.0. The molecule has 0 spiro atoms.